The first-order valence-corrected chi connectivity index (χ1v) is 6.30. The Kier molecular flexibility index (Phi) is 4.76. The molecule has 4 N–H and O–H groups in total. The Balaban J connectivity index is 3.00. The lowest BCUT2D eigenvalue weighted by molar-refractivity contribution is 0.482. The van der Waals surface area contributed by atoms with Crippen LogP contribution in [0.25, 0.3) is 0 Å². The van der Waals surface area contributed by atoms with Gasteiger partial charge in [0.1, 0.15) is 15.0 Å². The summed E-state index contributed by atoms with van der Waals surface area (Å²) in [5.74, 6) is 0.0401. The van der Waals surface area contributed by atoms with Crippen molar-refractivity contribution in [2.75, 3.05) is 18.8 Å². The number of nitrogens with two attached hydrogens (primary N) is 1. The van der Waals surface area contributed by atoms with Crippen LogP contribution in [0.3, 0.4) is 0 Å². The zero-order valence-corrected chi connectivity index (χ0v) is 11.2. The minimum atomic E-state index is -0.620. The van der Waals surface area contributed by atoms with Crippen LogP contribution < -0.4 is 17.0 Å². The SMILES string of the molecule is CCN(CC)C(=S)Sc1c(N)[nH]c(=O)[nH]c1=O. The summed E-state index contributed by atoms with van der Waals surface area (Å²) in [5.41, 5.74) is 4.44. The van der Waals surface area contributed by atoms with Crippen LogP contribution in [0.15, 0.2) is 14.5 Å². The summed E-state index contributed by atoms with van der Waals surface area (Å²) < 4.78 is 0.555. The van der Waals surface area contributed by atoms with Gasteiger partial charge in [-0.25, -0.2) is 4.79 Å². The number of hydrogen-bond acceptors (Lipinski definition) is 5. The van der Waals surface area contributed by atoms with Gasteiger partial charge in [0.05, 0.1) is 0 Å². The van der Waals surface area contributed by atoms with Crippen molar-refractivity contribution in [2.24, 2.45) is 0 Å². The highest BCUT2D eigenvalue weighted by Gasteiger charge is 2.13. The number of anilines is 1. The maximum atomic E-state index is 11.5. The lowest BCUT2D eigenvalue weighted by atomic mass is 10.6. The molecule has 17 heavy (non-hydrogen) atoms. The van der Waals surface area contributed by atoms with Crippen LogP contribution >= 0.6 is 24.0 Å². The lowest BCUT2D eigenvalue weighted by Gasteiger charge is -2.20. The largest absolute Gasteiger partial charge is 0.384 e. The number of rotatable bonds is 3. The first-order valence-electron chi connectivity index (χ1n) is 5.08. The maximum absolute atomic E-state index is 11.5. The monoisotopic (exact) mass is 274 g/mol. The van der Waals surface area contributed by atoms with Gasteiger partial charge in [0, 0.05) is 13.1 Å². The molecule has 0 radical (unpaired) electrons. The van der Waals surface area contributed by atoms with E-state index in [-0.39, 0.29) is 10.7 Å². The molecule has 1 rings (SSSR count). The Morgan fingerprint density at radius 2 is 1.94 bits per heavy atom. The molecule has 0 saturated heterocycles. The fourth-order valence-electron chi connectivity index (χ4n) is 1.23. The fourth-order valence-corrected chi connectivity index (χ4v) is 2.60. The molecule has 0 aromatic carbocycles. The second-order valence-corrected chi connectivity index (χ2v) is 4.84. The van der Waals surface area contributed by atoms with E-state index in [0.29, 0.717) is 4.32 Å². The van der Waals surface area contributed by atoms with Gasteiger partial charge >= 0.3 is 5.69 Å². The van der Waals surface area contributed by atoms with E-state index in [1.54, 1.807) is 0 Å². The molecule has 0 saturated carbocycles. The Morgan fingerprint density at radius 1 is 1.35 bits per heavy atom. The summed E-state index contributed by atoms with van der Waals surface area (Å²) >= 11 is 6.28. The standard InChI is InChI=1S/C9H14N4O2S2/c1-3-13(4-2)9(16)17-5-6(10)11-8(15)12-7(5)14/h3-4H2,1-2H3,(H4,10,11,12,14,15). The average molecular weight is 274 g/mol. The lowest BCUT2D eigenvalue weighted by Crippen LogP contribution is -2.29. The molecule has 6 nitrogen and oxygen atoms in total. The molecule has 0 spiro atoms. The second-order valence-electron chi connectivity index (χ2n) is 3.19. The molecular formula is C9H14N4O2S2. The summed E-state index contributed by atoms with van der Waals surface area (Å²) in [6.07, 6.45) is 0. The van der Waals surface area contributed by atoms with E-state index in [1.807, 2.05) is 18.7 Å². The third kappa shape index (κ3) is 3.34. The number of aromatic nitrogens is 2. The van der Waals surface area contributed by atoms with E-state index in [2.05, 4.69) is 9.97 Å². The molecule has 0 atom stereocenters. The molecule has 0 aliphatic carbocycles. The number of nitrogens with one attached hydrogen (secondary N) is 2. The van der Waals surface area contributed by atoms with Crippen LogP contribution in [0.4, 0.5) is 5.82 Å². The summed E-state index contributed by atoms with van der Waals surface area (Å²) in [7, 11) is 0. The Morgan fingerprint density at radius 3 is 2.41 bits per heavy atom. The van der Waals surface area contributed by atoms with Gasteiger partial charge in [-0.2, -0.15) is 0 Å². The van der Waals surface area contributed by atoms with E-state index < -0.39 is 11.2 Å². The van der Waals surface area contributed by atoms with Crippen LogP contribution in [0.5, 0.6) is 0 Å². The second kappa shape index (κ2) is 5.87. The quantitative estimate of drug-likeness (QED) is 0.544. The Hall–Kier alpha value is -1.28. The average Bonchev–Trinajstić information content (AvgIpc) is 2.25. The van der Waals surface area contributed by atoms with E-state index in [0.717, 1.165) is 24.9 Å². The van der Waals surface area contributed by atoms with Gasteiger partial charge in [-0.05, 0) is 13.8 Å². The topological polar surface area (TPSA) is 95.0 Å². The molecule has 8 heteroatoms. The number of H-pyrrole nitrogens is 2. The van der Waals surface area contributed by atoms with Crippen LogP contribution in [-0.4, -0.2) is 32.3 Å². The van der Waals surface area contributed by atoms with Crippen molar-refractivity contribution in [1.82, 2.24) is 14.9 Å². The minimum absolute atomic E-state index is 0.0401. The van der Waals surface area contributed by atoms with Crippen molar-refractivity contribution in [1.29, 1.82) is 0 Å². The highest BCUT2D eigenvalue weighted by molar-refractivity contribution is 8.23. The number of thiocarbonyl (C=S) groups is 1. The third-order valence-electron chi connectivity index (χ3n) is 2.14. The first kappa shape index (κ1) is 13.8. The van der Waals surface area contributed by atoms with E-state index in [1.165, 1.54) is 0 Å². The summed E-state index contributed by atoms with van der Waals surface area (Å²) in [6, 6.07) is 0. The third-order valence-corrected chi connectivity index (χ3v) is 3.69. The molecule has 0 fully saturated rings. The number of aromatic amines is 2. The van der Waals surface area contributed by atoms with Crippen molar-refractivity contribution < 1.29 is 0 Å². The molecule has 1 heterocycles. The van der Waals surface area contributed by atoms with Gasteiger partial charge in [-0.3, -0.25) is 14.8 Å². The molecule has 0 unspecified atom stereocenters. The maximum Gasteiger partial charge on any atom is 0.327 e. The van der Waals surface area contributed by atoms with E-state index >= 15 is 0 Å². The number of hydrogen-bond donors (Lipinski definition) is 3. The number of nitrogens with zero attached hydrogens (tertiary/aromatic N) is 1. The van der Waals surface area contributed by atoms with Gasteiger partial charge in [-0.15, -0.1) is 0 Å². The molecule has 0 aliphatic rings. The van der Waals surface area contributed by atoms with Gasteiger partial charge < -0.3 is 10.6 Å². The van der Waals surface area contributed by atoms with E-state index in [9.17, 15) is 9.59 Å². The van der Waals surface area contributed by atoms with Crippen LogP contribution in [0.1, 0.15) is 13.8 Å². The zero-order chi connectivity index (χ0) is 13.0. The van der Waals surface area contributed by atoms with Gasteiger partial charge in [0.2, 0.25) is 0 Å². The van der Waals surface area contributed by atoms with Crippen molar-refractivity contribution in [3.8, 4) is 0 Å². The smallest absolute Gasteiger partial charge is 0.327 e. The van der Waals surface area contributed by atoms with Crippen molar-refractivity contribution in [3.63, 3.8) is 0 Å². The molecule has 94 valence electrons. The first-order chi connectivity index (χ1) is 7.99. The predicted molar refractivity (Wildman–Crippen MR) is 73.5 cm³/mol. The molecular weight excluding hydrogens is 260 g/mol. The van der Waals surface area contributed by atoms with Crippen molar-refractivity contribution >= 4 is 34.1 Å². The zero-order valence-electron chi connectivity index (χ0n) is 9.57. The highest BCUT2D eigenvalue weighted by atomic mass is 32.2. The summed E-state index contributed by atoms with van der Waals surface area (Å²) in [6.45, 7) is 5.45. The molecule has 1 aromatic heterocycles. The van der Waals surface area contributed by atoms with E-state index in [4.69, 9.17) is 18.0 Å². The molecule has 0 aliphatic heterocycles. The summed E-state index contributed by atoms with van der Waals surface area (Å²) in [5, 5.41) is 0. The fraction of sp³-hybridized carbons (Fsp3) is 0.444. The molecule has 1 aromatic rings. The molecule has 0 amide bonds. The van der Waals surface area contributed by atoms with Crippen LogP contribution in [0.2, 0.25) is 0 Å². The van der Waals surface area contributed by atoms with Gasteiger partial charge in [0.15, 0.2) is 0 Å². The van der Waals surface area contributed by atoms with Crippen LogP contribution in [0, 0.1) is 0 Å². The predicted octanol–water partition coefficient (Wildman–Crippen LogP) is 0.364. The number of thioether (sulfide) groups is 1. The van der Waals surface area contributed by atoms with Crippen molar-refractivity contribution in [2.45, 2.75) is 18.7 Å². The number of nitrogen functional groups attached to an aromatic ring is 1. The minimum Gasteiger partial charge on any atom is -0.384 e. The molecule has 0 bridgehead atoms. The Labute approximate surface area is 108 Å². The highest BCUT2D eigenvalue weighted by Crippen LogP contribution is 2.21. The summed E-state index contributed by atoms with van der Waals surface area (Å²) in [4.78, 5) is 29.1. The van der Waals surface area contributed by atoms with Gasteiger partial charge in [-0.1, -0.05) is 24.0 Å². The van der Waals surface area contributed by atoms with Crippen molar-refractivity contribution in [3.05, 3.63) is 20.8 Å². The Bertz CT molecular complexity index is 518. The van der Waals surface area contributed by atoms with Gasteiger partial charge in [0.25, 0.3) is 5.56 Å². The normalized spacial score (nSPS) is 10.2. The van der Waals surface area contributed by atoms with Crippen LogP contribution in [-0.2, 0) is 0 Å².